The predicted molar refractivity (Wildman–Crippen MR) is 87.8 cm³/mol. The molecule has 1 aromatic rings. The summed E-state index contributed by atoms with van der Waals surface area (Å²) in [4.78, 5) is 0. The summed E-state index contributed by atoms with van der Waals surface area (Å²) in [5.41, 5.74) is -4.48. The average molecular weight is 405 g/mol. The molecule has 0 bridgehead atoms. The van der Waals surface area contributed by atoms with Gasteiger partial charge in [-0.15, -0.1) is 0 Å². The number of nitrogens with one attached hydrogen (secondary N) is 2. The molecule has 2 N–H and O–H groups in total. The minimum absolute atomic E-state index is 0.120. The summed E-state index contributed by atoms with van der Waals surface area (Å²) in [6.45, 7) is 0.825. The Hall–Kier alpha value is -0.540. The highest BCUT2D eigenvalue weighted by Crippen LogP contribution is 2.34. The van der Waals surface area contributed by atoms with Crippen LogP contribution in [0.15, 0.2) is 18.2 Å². The molecule has 1 aromatic carbocycles. The van der Waals surface area contributed by atoms with E-state index in [2.05, 4.69) is 5.32 Å². The van der Waals surface area contributed by atoms with Crippen molar-refractivity contribution in [3.63, 3.8) is 0 Å². The van der Waals surface area contributed by atoms with Gasteiger partial charge >= 0.3 is 15.5 Å². The van der Waals surface area contributed by atoms with E-state index in [9.17, 15) is 21.6 Å². The first-order valence-electron chi connectivity index (χ1n) is 7.33. The topological polar surface area (TPSA) is 58.2 Å². The second kappa shape index (κ2) is 7.78. The number of hydrogen-bond donors (Lipinski definition) is 2. The SMILES string of the molecule is O=S(=O)(NCC1CNCCCC1c1ccc(Cl)c(Cl)c1)C(F)(F)F. The lowest BCUT2D eigenvalue weighted by atomic mass is 9.83. The Labute approximate surface area is 148 Å². The second-order valence-electron chi connectivity index (χ2n) is 5.68. The Balaban J connectivity index is 2.19. The number of hydrogen-bond acceptors (Lipinski definition) is 3. The lowest BCUT2D eigenvalue weighted by Crippen LogP contribution is -2.41. The van der Waals surface area contributed by atoms with Crippen molar-refractivity contribution in [1.29, 1.82) is 0 Å². The summed E-state index contributed by atoms with van der Waals surface area (Å²) in [6.07, 6.45) is 1.54. The van der Waals surface area contributed by atoms with Gasteiger partial charge < -0.3 is 5.32 Å². The van der Waals surface area contributed by atoms with Crippen LogP contribution in [0.1, 0.15) is 24.3 Å². The first-order valence-corrected chi connectivity index (χ1v) is 9.57. The lowest BCUT2D eigenvalue weighted by Gasteiger charge is -2.26. The normalized spacial score (nSPS) is 23.0. The fourth-order valence-electron chi connectivity index (χ4n) is 2.81. The maximum atomic E-state index is 12.5. The third-order valence-electron chi connectivity index (χ3n) is 4.06. The second-order valence-corrected chi connectivity index (χ2v) is 8.26. The van der Waals surface area contributed by atoms with Crippen molar-refractivity contribution >= 4 is 33.2 Å². The van der Waals surface area contributed by atoms with E-state index in [-0.39, 0.29) is 18.4 Å². The smallest absolute Gasteiger partial charge is 0.316 e. The van der Waals surface area contributed by atoms with Crippen molar-refractivity contribution in [3.8, 4) is 0 Å². The largest absolute Gasteiger partial charge is 0.511 e. The van der Waals surface area contributed by atoms with E-state index < -0.39 is 15.5 Å². The van der Waals surface area contributed by atoms with Crippen LogP contribution < -0.4 is 10.0 Å². The van der Waals surface area contributed by atoms with Crippen molar-refractivity contribution in [1.82, 2.24) is 10.0 Å². The molecule has 1 heterocycles. The Bertz CT molecular complexity index is 683. The zero-order chi connectivity index (χ0) is 18.0. The molecule has 10 heteroatoms. The fourth-order valence-corrected chi connectivity index (χ4v) is 3.71. The first-order chi connectivity index (χ1) is 11.1. The van der Waals surface area contributed by atoms with Crippen molar-refractivity contribution in [2.24, 2.45) is 5.92 Å². The third kappa shape index (κ3) is 4.76. The minimum atomic E-state index is -5.35. The Morgan fingerprint density at radius 1 is 1.25 bits per heavy atom. The van der Waals surface area contributed by atoms with Gasteiger partial charge in [-0.3, -0.25) is 0 Å². The molecule has 2 rings (SSSR count). The van der Waals surface area contributed by atoms with Gasteiger partial charge in [0.1, 0.15) is 0 Å². The molecule has 1 aliphatic heterocycles. The molecule has 1 aliphatic rings. The third-order valence-corrected chi connectivity index (χ3v) is 5.95. The van der Waals surface area contributed by atoms with Crippen molar-refractivity contribution < 1.29 is 21.6 Å². The van der Waals surface area contributed by atoms with Crippen LogP contribution in [0.5, 0.6) is 0 Å². The van der Waals surface area contributed by atoms with Crippen molar-refractivity contribution in [3.05, 3.63) is 33.8 Å². The van der Waals surface area contributed by atoms with Crippen molar-refractivity contribution in [2.45, 2.75) is 24.3 Å². The van der Waals surface area contributed by atoms with E-state index in [0.29, 0.717) is 23.0 Å². The zero-order valence-corrected chi connectivity index (χ0v) is 14.9. The van der Waals surface area contributed by atoms with E-state index >= 15 is 0 Å². The number of rotatable bonds is 4. The van der Waals surface area contributed by atoms with E-state index in [0.717, 1.165) is 18.5 Å². The molecule has 0 aromatic heterocycles. The van der Waals surface area contributed by atoms with Gasteiger partial charge in [-0.1, -0.05) is 29.3 Å². The first kappa shape index (κ1) is 19.8. The summed E-state index contributed by atoms with van der Waals surface area (Å²) in [7, 11) is -5.35. The highest BCUT2D eigenvalue weighted by atomic mass is 35.5. The average Bonchev–Trinajstić information content (AvgIpc) is 2.72. The summed E-state index contributed by atoms with van der Waals surface area (Å²) in [6, 6.07) is 5.09. The molecule has 0 aliphatic carbocycles. The van der Waals surface area contributed by atoms with Crippen LogP contribution in [0.3, 0.4) is 0 Å². The summed E-state index contributed by atoms with van der Waals surface area (Å²) >= 11 is 11.9. The Morgan fingerprint density at radius 2 is 1.96 bits per heavy atom. The van der Waals surface area contributed by atoms with Gasteiger partial charge in [0.25, 0.3) is 0 Å². The van der Waals surface area contributed by atoms with Gasteiger partial charge in [-0.2, -0.15) is 13.2 Å². The van der Waals surface area contributed by atoms with Gasteiger partial charge in [0.15, 0.2) is 0 Å². The number of halogens is 5. The van der Waals surface area contributed by atoms with E-state index in [1.165, 1.54) is 0 Å². The standard InChI is InChI=1S/C14H17Cl2F3N2O2S/c15-12-4-3-9(6-13(12)16)11-2-1-5-20-7-10(11)8-21-24(22,23)14(17,18)19/h3-4,6,10-11,20-21H,1-2,5,7-8H2. The number of benzene rings is 1. The maximum Gasteiger partial charge on any atom is 0.511 e. The highest BCUT2D eigenvalue weighted by Gasteiger charge is 2.46. The molecule has 0 spiro atoms. The Kier molecular flexibility index (Phi) is 6.41. The molecule has 0 amide bonds. The highest BCUT2D eigenvalue weighted by molar-refractivity contribution is 7.90. The summed E-state index contributed by atoms with van der Waals surface area (Å²) in [5.74, 6) is -0.451. The van der Waals surface area contributed by atoms with Crippen molar-refractivity contribution in [2.75, 3.05) is 19.6 Å². The minimum Gasteiger partial charge on any atom is -0.316 e. The maximum absolute atomic E-state index is 12.5. The molecule has 2 atom stereocenters. The predicted octanol–water partition coefficient (Wildman–Crippen LogP) is 3.52. The van der Waals surface area contributed by atoms with E-state index in [4.69, 9.17) is 23.2 Å². The summed E-state index contributed by atoms with van der Waals surface area (Å²) < 4.78 is 61.6. The Morgan fingerprint density at radius 3 is 2.58 bits per heavy atom. The molecule has 0 radical (unpaired) electrons. The molecule has 1 saturated heterocycles. The van der Waals surface area contributed by atoms with Gasteiger partial charge in [0.05, 0.1) is 10.0 Å². The zero-order valence-electron chi connectivity index (χ0n) is 12.5. The molecule has 24 heavy (non-hydrogen) atoms. The van der Waals surface area contributed by atoms with Crippen LogP contribution in [0.2, 0.25) is 10.0 Å². The number of alkyl halides is 3. The summed E-state index contributed by atoms with van der Waals surface area (Å²) in [5, 5.41) is 3.88. The van der Waals surface area contributed by atoms with Gasteiger partial charge in [-0.25, -0.2) is 13.1 Å². The molecule has 136 valence electrons. The van der Waals surface area contributed by atoms with Gasteiger partial charge in [0.2, 0.25) is 0 Å². The molecular weight excluding hydrogens is 388 g/mol. The van der Waals surface area contributed by atoms with Crippen LogP contribution in [-0.4, -0.2) is 33.6 Å². The fraction of sp³-hybridized carbons (Fsp3) is 0.571. The van der Waals surface area contributed by atoms with Crippen LogP contribution in [-0.2, 0) is 10.0 Å². The molecule has 2 unspecified atom stereocenters. The van der Waals surface area contributed by atoms with Crippen LogP contribution in [0.4, 0.5) is 13.2 Å². The van der Waals surface area contributed by atoms with Gasteiger partial charge in [0, 0.05) is 6.54 Å². The lowest BCUT2D eigenvalue weighted by molar-refractivity contribution is -0.0448. The van der Waals surface area contributed by atoms with Crippen LogP contribution in [0.25, 0.3) is 0 Å². The monoisotopic (exact) mass is 404 g/mol. The van der Waals surface area contributed by atoms with Gasteiger partial charge in [-0.05, 0) is 55.5 Å². The van der Waals surface area contributed by atoms with E-state index in [1.807, 2.05) is 0 Å². The molecule has 4 nitrogen and oxygen atoms in total. The molecular formula is C14H17Cl2F3N2O2S. The molecule has 0 saturated carbocycles. The van der Waals surface area contributed by atoms with Crippen LogP contribution in [0, 0.1) is 5.92 Å². The van der Waals surface area contributed by atoms with Crippen LogP contribution >= 0.6 is 23.2 Å². The number of sulfonamides is 1. The van der Waals surface area contributed by atoms with E-state index in [1.54, 1.807) is 22.9 Å². The molecule has 1 fully saturated rings. The quantitative estimate of drug-likeness (QED) is 0.806.